The third kappa shape index (κ3) is 2.55. The molecule has 0 saturated carbocycles. The number of nitrogens with one attached hydrogen (secondary N) is 1. The zero-order chi connectivity index (χ0) is 14.9. The quantitative estimate of drug-likeness (QED) is 0.765. The predicted octanol–water partition coefficient (Wildman–Crippen LogP) is 1.09. The lowest BCUT2D eigenvalue weighted by Gasteiger charge is -2.06. The maximum Gasteiger partial charge on any atom is 0.261 e. The number of thiophene rings is 1. The summed E-state index contributed by atoms with van der Waals surface area (Å²) < 4.78 is 6.98. The first-order chi connectivity index (χ1) is 9.43. The van der Waals surface area contributed by atoms with Crippen LogP contribution in [-0.4, -0.2) is 22.8 Å². The number of carbonyl (C=O) groups is 1. The molecule has 2 heterocycles. The Morgan fingerprint density at radius 2 is 2.30 bits per heavy atom. The number of carbonyl (C=O) groups excluding carboxylic acids is 1. The van der Waals surface area contributed by atoms with Gasteiger partial charge < -0.3 is 21.5 Å². The maximum atomic E-state index is 11.3. The van der Waals surface area contributed by atoms with Crippen LogP contribution in [-0.2, 0) is 13.6 Å². The highest BCUT2D eigenvalue weighted by atomic mass is 32.1. The lowest BCUT2D eigenvalue weighted by atomic mass is 10.2. The van der Waals surface area contributed by atoms with E-state index in [4.69, 9.17) is 16.2 Å². The van der Waals surface area contributed by atoms with Gasteiger partial charge in [0.05, 0.1) is 12.8 Å². The zero-order valence-electron chi connectivity index (χ0n) is 11.6. The van der Waals surface area contributed by atoms with E-state index in [0.717, 1.165) is 11.3 Å². The van der Waals surface area contributed by atoms with E-state index < -0.39 is 5.91 Å². The second kappa shape index (κ2) is 5.41. The van der Waals surface area contributed by atoms with E-state index in [0.29, 0.717) is 22.2 Å². The molecule has 0 fully saturated rings. The molecular formula is C12H17N5O2S. The molecule has 0 aliphatic rings. The number of nitrogens with zero attached hydrogens (tertiary/aromatic N) is 2. The smallest absolute Gasteiger partial charge is 0.261 e. The van der Waals surface area contributed by atoms with E-state index in [9.17, 15) is 4.79 Å². The van der Waals surface area contributed by atoms with Crippen LogP contribution in [0.15, 0.2) is 6.20 Å². The topological polar surface area (TPSA) is 108 Å². The molecule has 0 spiro atoms. The first kappa shape index (κ1) is 14.2. The van der Waals surface area contributed by atoms with Crippen LogP contribution in [0.1, 0.15) is 20.9 Å². The Morgan fingerprint density at radius 1 is 1.60 bits per heavy atom. The van der Waals surface area contributed by atoms with Gasteiger partial charge in [0.2, 0.25) is 0 Å². The van der Waals surface area contributed by atoms with Crippen molar-refractivity contribution in [2.24, 2.45) is 12.8 Å². The molecule has 8 heteroatoms. The number of ether oxygens (including phenoxy) is 1. The number of nitrogen functional groups attached to an aromatic ring is 1. The minimum absolute atomic E-state index is 0.274. The van der Waals surface area contributed by atoms with Gasteiger partial charge in [-0.3, -0.25) is 9.48 Å². The number of aryl methyl sites for hydroxylation is 2. The molecule has 0 aliphatic carbocycles. The van der Waals surface area contributed by atoms with Crippen LogP contribution in [0, 0.1) is 6.92 Å². The number of hydrogen-bond acceptors (Lipinski definition) is 6. The predicted molar refractivity (Wildman–Crippen MR) is 79.1 cm³/mol. The van der Waals surface area contributed by atoms with Gasteiger partial charge in [-0.25, -0.2) is 0 Å². The second-order valence-electron chi connectivity index (χ2n) is 4.34. The van der Waals surface area contributed by atoms with Gasteiger partial charge in [-0.2, -0.15) is 5.10 Å². The molecule has 0 aliphatic heterocycles. The highest BCUT2D eigenvalue weighted by Gasteiger charge is 2.20. The Balaban J connectivity index is 2.23. The highest BCUT2D eigenvalue weighted by molar-refractivity contribution is 7.19. The fourth-order valence-corrected chi connectivity index (χ4v) is 2.87. The van der Waals surface area contributed by atoms with E-state index >= 15 is 0 Å². The van der Waals surface area contributed by atoms with Gasteiger partial charge in [0, 0.05) is 25.4 Å². The van der Waals surface area contributed by atoms with Crippen LogP contribution in [0.2, 0.25) is 0 Å². The number of amides is 1. The summed E-state index contributed by atoms with van der Waals surface area (Å²) in [6, 6.07) is 0. The molecule has 1 amide bonds. The van der Waals surface area contributed by atoms with Crippen LogP contribution in [0.25, 0.3) is 0 Å². The van der Waals surface area contributed by atoms with Crippen molar-refractivity contribution in [3.05, 3.63) is 22.3 Å². The first-order valence-corrected chi connectivity index (χ1v) is 6.74. The SMILES string of the molecule is COc1c(NCc2cn(C)nc2C)sc(C(N)=O)c1N. The fourth-order valence-electron chi connectivity index (χ4n) is 1.93. The fraction of sp³-hybridized carbons (Fsp3) is 0.333. The van der Waals surface area contributed by atoms with Crippen LogP contribution < -0.4 is 21.5 Å². The van der Waals surface area contributed by atoms with Crippen molar-refractivity contribution >= 4 is 27.9 Å². The molecule has 0 aromatic carbocycles. The average Bonchev–Trinajstić information content (AvgIpc) is 2.86. The summed E-state index contributed by atoms with van der Waals surface area (Å²) in [6.07, 6.45) is 1.93. The minimum Gasteiger partial charge on any atom is -0.492 e. The summed E-state index contributed by atoms with van der Waals surface area (Å²) in [7, 11) is 3.37. The van der Waals surface area contributed by atoms with Crippen molar-refractivity contribution in [3.8, 4) is 5.75 Å². The van der Waals surface area contributed by atoms with E-state index in [-0.39, 0.29) is 5.69 Å². The van der Waals surface area contributed by atoms with Crippen molar-refractivity contribution in [1.82, 2.24) is 9.78 Å². The summed E-state index contributed by atoms with van der Waals surface area (Å²) in [5, 5.41) is 8.15. The Labute approximate surface area is 120 Å². The van der Waals surface area contributed by atoms with Crippen molar-refractivity contribution in [3.63, 3.8) is 0 Å². The van der Waals surface area contributed by atoms with Gasteiger partial charge >= 0.3 is 0 Å². The van der Waals surface area contributed by atoms with Crippen LogP contribution in [0.3, 0.4) is 0 Å². The van der Waals surface area contributed by atoms with Gasteiger partial charge in [0.25, 0.3) is 5.91 Å². The van der Waals surface area contributed by atoms with Gasteiger partial charge in [0.15, 0.2) is 5.75 Å². The molecule has 2 aromatic rings. The Hall–Kier alpha value is -2.22. The van der Waals surface area contributed by atoms with Crippen LogP contribution in [0.5, 0.6) is 5.75 Å². The first-order valence-electron chi connectivity index (χ1n) is 5.93. The van der Waals surface area contributed by atoms with Gasteiger partial charge in [-0.15, -0.1) is 11.3 Å². The Bertz CT molecular complexity index is 647. The van der Waals surface area contributed by atoms with Gasteiger partial charge in [0.1, 0.15) is 15.6 Å². The summed E-state index contributed by atoms with van der Waals surface area (Å²) in [5.74, 6) is -0.109. The normalized spacial score (nSPS) is 10.6. The number of primary amides is 1. The number of methoxy groups -OCH3 is 1. The molecular weight excluding hydrogens is 278 g/mol. The van der Waals surface area contributed by atoms with E-state index in [1.807, 2.05) is 20.2 Å². The lowest BCUT2D eigenvalue weighted by molar-refractivity contribution is 0.100. The molecule has 0 atom stereocenters. The van der Waals surface area contributed by atoms with Crippen molar-refractivity contribution < 1.29 is 9.53 Å². The largest absolute Gasteiger partial charge is 0.492 e. The molecule has 0 unspecified atom stereocenters. The van der Waals surface area contributed by atoms with Gasteiger partial charge in [-0.05, 0) is 6.92 Å². The molecule has 0 bridgehead atoms. The molecule has 20 heavy (non-hydrogen) atoms. The third-order valence-electron chi connectivity index (χ3n) is 2.88. The van der Waals surface area contributed by atoms with Crippen molar-refractivity contribution in [2.75, 3.05) is 18.2 Å². The summed E-state index contributed by atoms with van der Waals surface area (Å²) in [4.78, 5) is 11.6. The molecule has 2 rings (SSSR count). The summed E-state index contributed by atoms with van der Waals surface area (Å²) in [5.41, 5.74) is 13.4. The molecule has 0 radical (unpaired) electrons. The average molecular weight is 295 g/mol. The number of nitrogens with two attached hydrogens (primary N) is 2. The van der Waals surface area contributed by atoms with Crippen LogP contribution in [0.4, 0.5) is 10.7 Å². The van der Waals surface area contributed by atoms with Crippen molar-refractivity contribution in [2.45, 2.75) is 13.5 Å². The number of aromatic nitrogens is 2. The zero-order valence-corrected chi connectivity index (χ0v) is 12.4. The van der Waals surface area contributed by atoms with Gasteiger partial charge in [-0.1, -0.05) is 0 Å². The Kier molecular flexibility index (Phi) is 3.84. The lowest BCUT2D eigenvalue weighted by Crippen LogP contribution is -2.10. The Morgan fingerprint density at radius 3 is 2.80 bits per heavy atom. The summed E-state index contributed by atoms with van der Waals surface area (Å²) in [6.45, 7) is 2.50. The minimum atomic E-state index is -0.559. The molecule has 2 aromatic heterocycles. The number of anilines is 2. The van der Waals surface area contributed by atoms with E-state index in [2.05, 4.69) is 10.4 Å². The van der Waals surface area contributed by atoms with Crippen molar-refractivity contribution in [1.29, 1.82) is 0 Å². The number of hydrogen-bond donors (Lipinski definition) is 3. The second-order valence-corrected chi connectivity index (χ2v) is 5.36. The van der Waals surface area contributed by atoms with E-state index in [1.165, 1.54) is 18.4 Å². The molecule has 0 saturated heterocycles. The van der Waals surface area contributed by atoms with E-state index in [1.54, 1.807) is 4.68 Å². The number of rotatable bonds is 5. The molecule has 5 N–H and O–H groups in total. The maximum absolute atomic E-state index is 11.3. The molecule has 7 nitrogen and oxygen atoms in total. The third-order valence-corrected chi connectivity index (χ3v) is 4.04. The highest BCUT2D eigenvalue weighted by Crippen LogP contribution is 2.42. The monoisotopic (exact) mass is 295 g/mol. The van der Waals surface area contributed by atoms with Crippen LogP contribution >= 0.6 is 11.3 Å². The summed E-state index contributed by atoms with van der Waals surface area (Å²) >= 11 is 1.19. The standard InChI is InChI=1S/C12H17N5O2S/c1-6-7(5-17(2)16-6)4-15-12-9(19-3)8(13)10(20-12)11(14)18/h5,15H,4,13H2,1-3H3,(H2,14,18). The molecule has 108 valence electrons.